The van der Waals surface area contributed by atoms with Crippen LogP contribution in [0.2, 0.25) is 5.02 Å². The summed E-state index contributed by atoms with van der Waals surface area (Å²) in [5, 5.41) is 16.6. The summed E-state index contributed by atoms with van der Waals surface area (Å²) >= 11 is 5.97. The minimum Gasteiger partial charge on any atom is -0.381 e. The van der Waals surface area contributed by atoms with Crippen molar-refractivity contribution < 1.29 is 4.74 Å². The topological polar surface area (TPSA) is 95.6 Å². The minimum absolute atomic E-state index is 0.364. The van der Waals surface area contributed by atoms with E-state index in [9.17, 15) is 0 Å². The molecule has 4 heterocycles. The van der Waals surface area contributed by atoms with Gasteiger partial charge in [0, 0.05) is 24.4 Å². The van der Waals surface area contributed by atoms with E-state index < -0.39 is 0 Å². The molecule has 0 unspecified atom stereocenters. The van der Waals surface area contributed by atoms with Crippen molar-refractivity contribution in [3.05, 3.63) is 47.9 Å². The van der Waals surface area contributed by atoms with Crippen LogP contribution in [0.1, 0.15) is 18.9 Å². The Labute approximate surface area is 165 Å². The lowest BCUT2D eigenvalue weighted by atomic mass is 10.1. The first-order chi connectivity index (χ1) is 13.8. The van der Waals surface area contributed by atoms with Crippen molar-refractivity contribution in [1.29, 1.82) is 0 Å². The molecule has 1 aliphatic rings. The molecule has 9 nitrogen and oxygen atoms in total. The maximum Gasteiger partial charge on any atom is 0.229 e. The molecule has 142 valence electrons. The van der Waals surface area contributed by atoms with E-state index in [4.69, 9.17) is 16.3 Å². The standard InChI is InChI=1S/C18H17ClN8O/c19-12-1-3-15(4-2-12)27-17-16(24-25-27)10-20-18(23-17)22-13-9-21-26(11-13)14-5-7-28-8-6-14/h1-4,9-11,14H,5-8H2,(H,20,22,23). The Morgan fingerprint density at radius 3 is 2.75 bits per heavy atom. The lowest BCUT2D eigenvalue weighted by Crippen LogP contribution is -2.19. The summed E-state index contributed by atoms with van der Waals surface area (Å²) in [7, 11) is 0. The quantitative estimate of drug-likeness (QED) is 0.566. The first-order valence-electron chi connectivity index (χ1n) is 8.99. The zero-order valence-corrected chi connectivity index (χ0v) is 15.6. The average Bonchev–Trinajstić information content (AvgIpc) is 3.36. The predicted molar refractivity (Wildman–Crippen MR) is 104 cm³/mol. The van der Waals surface area contributed by atoms with Crippen molar-refractivity contribution in [2.45, 2.75) is 18.9 Å². The molecule has 5 rings (SSSR count). The molecule has 10 heteroatoms. The molecule has 1 fully saturated rings. The lowest BCUT2D eigenvalue weighted by molar-refractivity contribution is 0.0662. The highest BCUT2D eigenvalue weighted by molar-refractivity contribution is 6.30. The Balaban J connectivity index is 1.41. The molecular formula is C18H17ClN8O. The number of anilines is 2. The van der Waals surface area contributed by atoms with Gasteiger partial charge in [0.25, 0.3) is 0 Å². The van der Waals surface area contributed by atoms with Gasteiger partial charge in [-0.3, -0.25) is 4.68 Å². The van der Waals surface area contributed by atoms with Crippen molar-refractivity contribution in [2.75, 3.05) is 18.5 Å². The van der Waals surface area contributed by atoms with E-state index >= 15 is 0 Å². The molecule has 28 heavy (non-hydrogen) atoms. The zero-order chi connectivity index (χ0) is 18.9. The molecule has 0 bridgehead atoms. The van der Waals surface area contributed by atoms with Crippen LogP contribution in [0.15, 0.2) is 42.9 Å². The fraction of sp³-hybridized carbons (Fsp3) is 0.278. The molecule has 0 atom stereocenters. The second-order valence-electron chi connectivity index (χ2n) is 6.56. The van der Waals surface area contributed by atoms with Gasteiger partial charge in [0.2, 0.25) is 5.95 Å². The van der Waals surface area contributed by atoms with Gasteiger partial charge in [-0.25, -0.2) is 4.98 Å². The Morgan fingerprint density at radius 1 is 1.11 bits per heavy atom. The number of aromatic nitrogens is 7. The second kappa shape index (κ2) is 7.17. The van der Waals surface area contributed by atoms with Crippen molar-refractivity contribution in [1.82, 2.24) is 34.7 Å². The number of benzene rings is 1. The molecule has 4 aromatic rings. The van der Waals surface area contributed by atoms with Crippen LogP contribution in [0.25, 0.3) is 16.9 Å². The molecule has 1 saturated heterocycles. The highest BCUT2D eigenvalue weighted by atomic mass is 35.5. The van der Waals surface area contributed by atoms with E-state index in [2.05, 4.69) is 30.7 Å². The molecule has 0 amide bonds. The SMILES string of the molecule is Clc1ccc(-n2nnc3cnc(Nc4cnn(C5CCOCC5)c4)nc32)cc1. The number of rotatable bonds is 4. The van der Waals surface area contributed by atoms with Gasteiger partial charge in [-0.05, 0) is 37.1 Å². The van der Waals surface area contributed by atoms with Crippen LogP contribution in [0.5, 0.6) is 0 Å². The molecule has 1 N–H and O–H groups in total. The van der Waals surface area contributed by atoms with Crippen LogP contribution < -0.4 is 5.32 Å². The summed E-state index contributed by atoms with van der Waals surface area (Å²) in [5.74, 6) is 0.455. The monoisotopic (exact) mass is 396 g/mol. The molecule has 0 radical (unpaired) electrons. The summed E-state index contributed by atoms with van der Waals surface area (Å²) in [4.78, 5) is 8.91. The van der Waals surface area contributed by atoms with Crippen molar-refractivity contribution in [3.8, 4) is 5.69 Å². The summed E-state index contributed by atoms with van der Waals surface area (Å²) in [6.45, 7) is 1.55. The fourth-order valence-corrected chi connectivity index (χ4v) is 3.35. The number of hydrogen-bond donors (Lipinski definition) is 1. The summed E-state index contributed by atoms with van der Waals surface area (Å²) in [6, 6.07) is 7.70. The lowest BCUT2D eigenvalue weighted by Gasteiger charge is -2.22. The number of fused-ring (bicyclic) bond motifs is 1. The van der Waals surface area contributed by atoms with Gasteiger partial charge in [0.05, 0.1) is 29.8 Å². The van der Waals surface area contributed by atoms with Gasteiger partial charge < -0.3 is 10.1 Å². The van der Waals surface area contributed by atoms with Crippen LogP contribution in [-0.4, -0.2) is 48.0 Å². The zero-order valence-electron chi connectivity index (χ0n) is 14.9. The largest absolute Gasteiger partial charge is 0.381 e. The number of nitrogens with one attached hydrogen (secondary N) is 1. The molecule has 1 aromatic carbocycles. The molecule has 3 aromatic heterocycles. The van der Waals surface area contributed by atoms with Crippen LogP contribution in [0.3, 0.4) is 0 Å². The number of hydrogen-bond acceptors (Lipinski definition) is 7. The van der Waals surface area contributed by atoms with Crippen LogP contribution >= 0.6 is 11.6 Å². The smallest absolute Gasteiger partial charge is 0.229 e. The highest BCUT2D eigenvalue weighted by Crippen LogP contribution is 2.23. The molecular weight excluding hydrogens is 380 g/mol. The van der Waals surface area contributed by atoms with E-state index in [-0.39, 0.29) is 0 Å². The predicted octanol–water partition coefficient (Wildman–Crippen LogP) is 3.16. The van der Waals surface area contributed by atoms with Gasteiger partial charge in [-0.15, -0.1) is 5.10 Å². The first-order valence-corrected chi connectivity index (χ1v) is 9.37. The third-order valence-corrected chi connectivity index (χ3v) is 4.94. The van der Waals surface area contributed by atoms with E-state index in [0.717, 1.165) is 37.4 Å². The Bertz CT molecular complexity index is 1100. The molecule has 0 spiro atoms. The Hall–Kier alpha value is -3.04. The maximum absolute atomic E-state index is 5.97. The van der Waals surface area contributed by atoms with E-state index in [1.807, 2.05) is 23.0 Å². The third kappa shape index (κ3) is 3.30. The molecule has 1 aliphatic heterocycles. The third-order valence-electron chi connectivity index (χ3n) is 4.69. The summed E-state index contributed by atoms with van der Waals surface area (Å²) < 4.78 is 9.04. The van der Waals surface area contributed by atoms with Crippen LogP contribution in [-0.2, 0) is 4.74 Å². The number of nitrogens with zero attached hydrogens (tertiary/aromatic N) is 7. The maximum atomic E-state index is 5.97. The van der Waals surface area contributed by atoms with Crippen LogP contribution in [0, 0.1) is 0 Å². The molecule has 0 aliphatic carbocycles. The fourth-order valence-electron chi connectivity index (χ4n) is 3.23. The van der Waals surface area contributed by atoms with Crippen molar-refractivity contribution >= 4 is 34.4 Å². The van der Waals surface area contributed by atoms with Gasteiger partial charge in [-0.2, -0.15) is 14.8 Å². The van der Waals surface area contributed by atoms with Crippen molar-refractivity contribution in [2.24, 2.45) is 0 Å². The van der Waals surface area contributed by atoms with Crippen LogP contribution in [0.4, 0.5) is 11.6 Å². The van der Waals surface area contributed by atoms with Gasteiger partial charge >= 0.3 is 0 Å². The average molecular weight is 397 g/mol. The Morgan fingerprint density at radius 2 is 1.93 bits per heavy atom. The number of halogens is 1. The van der Waals surface area contributed by atoms with E-state index in [1.165, 1.54) is 0 Å². The highest BCUT2D eigenvalue weighted by Gasteiger charge is 2.17. The number of ether oxygens (including phenoxy) is 1. The first kappa shape index (κ1) is 17.1. The van der Waals surface area contributed by atoms with Crippen molar-refractivity contribution in [3.63, 3.8) is 0 Å². The molecule has 0 saturated carbocycles. The van der Waals surface area contributed by atoms with Gasteiger partial charge in [0.1, 0.15) is 0 Å². The second-order valence-corrected chi connectivity index (χ2v) is 6.99. The van der Waals surface area contributed by atoms with E-state index in [1.54, 1.807) is 29.2 Å². The van der Waals surface area contributed by atoms with Gasteiger partial charge in [0.15, 0.2) is 11.2 Å². The van der Waals surface area contributed by atoms with E-state index in [0.29, 0.717) is 28.2 Å². The Kier molecular flexibility index (Phi) is 4.38. The summed E-state index contributed by atoms with van der Waals surface area (Å²) in [5.41, 5.74) is 2.87. The van der Waals surface area contributed by atoms with Gasteiger partial charge in [-0.1, -0.05) is 16.8 Å². The summed E-state index contributed by atoms with van der Waals surface area (Å²) in [6.07, 6.45) is 7.33. The normalized spacial score (nSPS) is 15.2. The minimum atomic E-state index is 0.364.